The SMILES string of the molecule is CC(ON)C(=O)NN. The van der Waals surface area contributed by atoms with Crippen molar-refractivity contribution in [2.45, 2.75) is 13.0 Å². The molecule has 0 radical (unpaired) electrons. The molecule has 0 aromatic carbocycles. The van der Waals surface area contributed by atoms with Crippen molar-refractivity contribution in [1.82, 2.24) is 5.43 Å². The Bertz CT molecular complexity index is 84.6. The molecule has 0 aromatic rings. The summed E-state index contributed by atoms with van der Waals surface area (Å²) in [5, 5.41) is 0. The van der Waals surface area contributed by atoms with Crippen molar-refractivity contribution in [3.63, 3.8) is 0 Å². The average Bonchev–Trinajstić information content (AvgIpc) is 1.84. The van der Waals surface area contributed by atoms with Gasteiger partial charge in [0.1, 0.15) is 0 Å². The lowest BCUT2D eigenvalue weighted by Crippen LogP contribution is -2.39. The van der Waals surface area contributed by atoms with Crippen LogP contribution in [0.4, 0.5) is 0 Å². The predicted octanol–water partition coefficient (Wildman–Crippen LogP) is -1.74. The molecule has 0 saturated heterocycles. The van der Waals surface area contributed by atoms with Crippen molar-refractivity contribution < 1.29 is 9.63 Å². The quantitative estimate of drug-likeness (QED) is 0.228. The van der Waals surface area contributed by atoms with Gasteiger partial charge in [-0.25, -0.2) is 11.7 Å². The Kier molecular flexibility index (Phi) is 3.09. The molecule has 0 fully saturated rings. The van der Waals surface area contributed by atoms with Crippen molar-refractivity contribution >= 4 is 5.91 Å². The summed E-state index contributed by atoms with van der Waals surface area (Å²) in [5.41, 5.74) is 1.87. The Morgan fingerprint density at radius 3 is 2.50 bits per heavy atom. The van der Waals surface area contributed by atoms with Gasteiger partial charge < -0.3 is 0 Å². The number of hydrogen-bond donors (Lipinski definition) is 3. The van der Waals surface area contributed by atoms with Crippen LogP contribution in [0.5, 0.6) is 0 Å². The van der Waals surface area contributed by atoms with Crippen LogP contribution in [0.2, 0.25) is 0 Å². The molecule has 48 valence electrons. The number of carbonyl (C=O) groups excluding carboxylic acids is 1. The van der Waals surface area contributed by atoms with Crippen molar-refractivity contribution in [2.75, 3.05) is 0 Å². The minimum absolute atomic E-state index is 0.437. The minimum Gasteiger partial charge on any atom is -0.292 e. The Morgan fingerprint density at radius 2 is 2.38 bits per heavy atom. The standard InChI is InChI=1S/C3H9N3O2/c1-2(8-5)3(7)6-4/h2H,4-5H2,1H3,(H,6,7). The molecule has 0 rings (SSSR count). The molecule has 1 unspecified atom stereocenters. The van der Waals surface area contributed by atoms with Crippen molar-refractivity contribution in [1.29, 1.82) is 0 Å². The number of rotatable bonds is 2. The Morgan fingerprint density at radius 1 is 1.88 bits per heavy atom. The van der Waals surface area contributed by atoms with Crippen molar-refractivity contribution in [2.24, 2.45) is 11.7 Å². The predicted molar refractivity (Wildman–Crippen MR) is 27.1 cm³/mol. The van der Waals surface area contributed by atoms with Crippen LogP contribution in [-0.4, -0.2) is 12.0 Å². The zero-order valence-electron chi connectivity index (χ0n) is 4.55. The summed E-state index contributed by atoms with van der Waals surface area (Å²) in [7, 11) is 0. The number of amides is 1. The van der Waals surface area contributed by atoms with Crippen LogP contribution in [0.3, 0.4) is 0 Å². The second-order valence-electron chi connectivity index (χ2n) is 1.29. The van der Waals surface area contributed by atoms with E-state index in [1.54, 1.807) is 0 Å². The van der Waals surface area contributed by atoms with Crippen LogP contribution in [0, 0.1) is 0 Å². The zero-order valence-corrected chi connectivity index (χ0v) is 4.55. The largest absolute Gasteiger partial charge is 0.292 e. The van der Waals surface area contributed by atoms with Gasteiger partial charge in [0.2, 0.25) is 0 Å². The van der Waals surface area contributed by atoms with E-state index in [9.17, 15) is 4.79 Å². The maximum absolute atomic E-state index is 10.3. The first-order chi connectivity index (χ1) is 3.72. The summed E-state index contributed by atoms with van der Waals surface area (Å²) in [6.45, 7) is 1.49. The van der Waals surface area contributed by atoms with E-state index in [0.29, 0.717) is 0 Å². The number of hydrogen-bond acceptors (Lipinski definition) is 4. The number of hydrazine groups is 1. The maximum atomic E-state index is 10.3. The van der Waals surface area contributed by atoms with Gasteiger partial charge in [-0.15, -0.1) is 0 Å². The summed E-state index contributed by atoms with van der Waals surface area (Å²) in [5.74, 6) is 8.91. The molecule has 5 N–H and O–H groups in total. The van der Waals surface area contributed by atoms with Gasteiger partial charge in [0.25, 0.3) is 5.91 Å². The van der Waals surface area contributed by atoms with E-state index >= 15 is 0 Å². The Hall–Kier alpha value is -0.650. The summed E-state index contributed by atoms with van der Waals surface area (Å²) in [6, 6.07) is 0. The molecule has 0 spiro atoms. The molecule has 5 heteroatoms. The highest BCUT2D eigenvalue weighted by Crippen LogP contribution is 1.80. The third kappa shape index (κ3) is 1.87. The van der Waals surface area contributed by atoms with Gasteiger partial charge >= 0.3 is 0 Å². The average molecular weight is 119 g/mol. The van der Waals surface area contributed by atoms with Gasteiger partial charge in [-0.2, -0.15) is 0 Å². The second-order valence-corrected chi connectivity index (χ2v) is 1.29. The molecule has 5 nitrogen and oxygen atoms in total. The smallest absolute Gasteiger partial charge is 0.264 e. The molecular weight excluding hydrogens is 110 g/mol. The first kappa shape index (κ1) is 7.35. The Balaban J connectivity index is 3.46. The van der Waals surface area contributed by atoms with Crippen LogP contribution in [0.1, 0.15) is 6.92 Å². The lowest BCUT2D eigenvalue weighted by Gasteiger charge is -2.03. The maximum Gasteiger partial charge on any atom is 0.264 e. The highest BCUT2D eigenvalue weighted by Gasteiger charge is 2.08. The Labute approximate surface area is 46.9 Å². The lowest BCUT2D eigenvalue weighted by atomic mass is 10.4. The summed E-state index contributed by atoms with van der Waals surface area (Å²) in [4.78, 5) is 14.4. The fourth-order valence-electron chi connectivity index (χ4n) is 0.179. The van der Waals surface area contributed by atoms with E-state index < -0.39 is 12.0 Å². The van der Waals surface area contributed by atoms with Crippen LogP contribution in [-0.2, 0) is 9.63 Å². The number of nitrogens with one attached hydrogen (secondary N) is 1. The molecule has 8 heavy (non-hydrogen) atoms. The fourth-order valence-corrected chi connectivity index (χ4v) is 0.179. The third-order valence-electron chi connectivity index (χ3n) is 0.716. The molecular formula is C3H9N3O2. The summed E-state index contributed by atoms with van der Waals surface area (Å²) < 4.78 is 0. The summed E-state index contributed by atoms with van der Waals surface area (Å²) >= 11 is 0. The van der Waals surface area contributed by atoms with E-state index in [-0.39, 0.29) is 0 Å². The number of nitrogens with two attached hydrogens (primary N) is 2. The van der Waals surface area contributed by atoms with Crippen molar-refractivity contribution in [3.8, 4) is 0 Å². The van der Waals surface area contributed by atoms with Crippen molar-refractivity contribution in [3.05, 3.63) is 0 Å². The van der Waals surface area contributed by atoms with E-state index in [1.165, 1.54) is 6.92 Å². The van der Waals surface area contributed by atoms with Gasteiger partial charge in [-0.05, 0) is 6.92 Å². The zero-order chi connectivity index (χ0) is 6.57. The van der Waals surface area contributed by atoms with Crippen LogP contribution < -0.4 is 17.2 Å². The van der Waals surface area contributed by atoms with Gasteiger partial charge in [0, 0.05) is 0 Å². The van der Waals surface area contributed by atoms with Gasteiger partial charge in [-0.1, -0.05) is 0 Å². The van der Waals surface area contributed by atoms with E-state index in [4.69, 9.17) is 5.84 Å². The molecule has 0 aliphatic carbocycles. The van der Waals surface area contributed by atoms with E-state index in [2.05, 4.69) is 10.7 Å². The molecule has 0 aliphatic rings. The molecule has 1 atom stereocenters. The molecule has 0 aromatic heterocycles. The van der Waals surface area contributed by atoms with E-state index in [1.807, 2.05) is 5.43 Å². The molecule has 1 amide bonds. The third-order valence-corrected chi connectivity index (χ3v) is 0.716. The topological polar surface area (TPSA) is 90.4 Å². The van der Waals surface area contributed by atoms with Crippen LogP contribution in [0.25, 0.3) is 0 Å². The molecule has 0 aliphatic heterocycles. The number of carbonyl (C=O) groups is 1. The first-order valence-electron chi connectivity index (χ1n) is 2.08. The normalized spacial score (nSPS) is 12.9. The molecule has 0 saturated carbocycles. The first-order valence-corrected chi connectivity index (χ1v) is 2.08. The second kappa shape index (κ2) is 3.36. The van der Waals surface area contributed by atoms with Gasteiger partial charge in [0.05, 0.1) is 0 Å². The van der Waals surface area contributed by atoms with Gasteiger partial charge in [-0.3, -0.25) is 15.1 Å². The van der Waals surface area contributed by atoms with Gasteiger partial charge in [0.15, 0.2) is 6.10 Å². The van der Waals surface area contributed by atoms with Crippen LogP contribution in [0.15, 0.2) is 0 Å². The van der Waals surface area contributed by atoms with E-state index in [0.717, 1.165) is 0 Å². The highest BCUT2D eigenvalue weighted by atomic mass is 16.6. The molecule has 0 heterocycles. The molecule has 0 bridgehead atoms. The monoisotopic (exact) mass is 119 g/mol. The summed E-state index contributed by atoms with van der Waals surface area (Å²) in [6.07, 6.45) is -0.681. The lowest BCUT2D eigenvalue weighted by molar-refractivity contribution is -0.132. The fraction of sp³-hybridized carbons (Fsp3) is 0.667. The minimum atomic E-state index is -0.681. The highest BCUT2D eigenvalue weighted by molar-refractivity contribution is 5.79. The van der Waals surface area contributed by atoms with Crippen LogP contribution >= 0.6 is 0 Å².